The molecule has 0 aliphatic rings. The molecule has 0 aliphatic heterocycles. The fourth-order valence-corrected chi connectivity index (χ4v) is 5.33. The van der Waals surface area contributed by atoms with Crippen molar-refractivity contribution in [3.8, 4) is 5.75 Å². The minimum atomic E-state index is -0.503. The van der Waals surface area contributed by atoms with Crippen molar-refractivity contribution in [2.75, 3.05) is 0 Å². The topological polar surface area (TPSA) is 35.5 Å². The van der Waals surface area contributed by atoms with Crippen molar-refractivity contribution in [3.63, 3.8) is 0 Å². The Morgan fingerprint density at radius 2 is 1.69 bits per heavy atom. The monoisotopic (exact) mass is 626 g/mol. The van der Waals surface area contributed by atoms with E-state index in [0.717, 1.165) is 28.9 Å². The van der Waals surface area contributed by atoms with Crippen molar-refractivity contribution in [1.29, 1.82) is 0 Å². The highest BCUT2D eigenvalue weighted by Gasteiger charge is 2.25. The average molecular weight is 630 g/mol. The summed E-state index contributed by atoms with van der Waals surface area (Å²) in [7, 11) is 0. The van der Waals surface area contributed by atoms with E-state index >= 15 is 0 Å². The smallest absolute Gasteiger partial charge is 0.330 e. The predicted octanol–water partition coefficient (Wildman–Crippen LogP) is 7.35. The Labute approximate surface area is 190 Å². The van der Waals surface area contributed by atoms with Crippen molar-refractivity contribution >= 4 is 81.5 Å². The fraction of sp³-hybridized carbons (Fsp3) is 0.167. The molecule has 0 bridgehead atoms. The molecule has 2 atom stereocenters. The van der Waals surface area contributed by atoms with Gasteiger partial charge >= 0.3 is 5.97 Å². The molecule has 3 nitrogen and oxygen atoms in total. The van der Waals surface area contributed by atoms with Gasteiger partial charge in [0.2, 0.25) is 0 Å². The first-order chi connectivity index (χ1) is 12.3. The molecular weight excluding hydrogens is 616 g/mol. The summed E-state index contributed by atoms with van der Waals surface area (Å²) in [4.78, 5) is 12.6. The number of halogens is 4. The van der Waals surface area contributed by atoms with Crippen molar-refractivity contribution in [3.05, 3.63) is 66.9 Å². The largest absolute Gasteiger partial charge is 0.474 e. The van der Waals surface area contributed by atoms with Crippen LogP contribution in [-0.4, -0.2) is 17.5 Å². The molecule has 0 aliphatic carbocycles. The van der Waals surface area contributed by atoms with Crippen molar-refractivity contribution in [2.45, 2.75) is 23.4 Å². The summed E-state index contributed by atoms with van der Waals surface area (Å²) in [5.41, 5.74) is -0.464. The zero-order valence-electron chi connectivity index (χ0n) is 13.5. The standard InChI is InChI=1S/C18H14Br4O3S/c1-3-17(23)24-10(2)18(25-15-6-4-11(19)8-13(15)21)26-16-7-5-12(20)9-14(16)22/h3-10,18H,1H2,2H3. The summed E-state index contributed by atoms with van der Waals surface area (Å²) in [5, 5.41) is 0. The molecule has 0 spiro atoms. The van der Waals surface area contributed by atoms with E-state index in [1.54, 1.807) is 6.92 Å². The first-order valence-electron chi connectivity index (χ1n) is 7.36. The second-order valence-corrected chi connectivity index (χ2v) is 9.78. The fourth-order valence-electron chi connectivity index (χ4n) is 1.89. The molecule has 26 heavy (non-hydrogen) atoms. The Kier molecular flexibility index (Phi) is 8.73. The van der Waals surface area contributed by atoms with E-state index in [-0.39, 0.29) is 0 Å². The molecular formula is C18H14Br4O3S. The summed E-state index contributed by atoms with van der Waals surface area (Å²) < 4.78 is 15.1. The molecule has 2 unspecified atom stereocenters. The van der Waals surface area contributed by atoms with E-state index in [0.29, 0.717) is 5.75 Å². The third kappa shape index (κ3) is 6.41. The average Bonchev–Trinajstić information content (AvgIpc) is 2.58. The van der Waals surface area contributed by atoms with Crippen LogP contribution < -0.4 is 4.74 Å². The number of hydrogen-bond donors (Lipinski definition) is 0. The summed E-state index contributed by atoms with van der Waals surface area (Å²) in [5.74, 6) is 0.164. The van der Waals surface area contributed by atoms with Gasteiger partial charge in [0.25, 0.3) is 0 Å². The number of thioether (sulfide) groups is 1. The molecule has 2 aromatic carbocycles. The second-order valence-electron chi connectivity index (χ2n) is 5.10. The first kappa shape index (κ1) is 22.0. The number of carbonyl (C=O) groups is 1. The lowest BCUT2D eigenvalue weighted by atomic mass is 10.3. The van der Waals surface area contributed by atoms with Gasteiger partial charge in [0.05, 0.1) is 4.47 Å². The SMILES string of the molecule is C=CC(=O)OC(C)C(Oc1ccc(Br)cc1Br)Sc1ccc(Br)cc1Br. The highest BCUT2D eigenvalue weighted by Crippen LogP contribution is 2.37. The van der Waals surface area contributed by atoms with E-state index in [2.05, 4.69) is 70.3 Å². The Morgan fingerprint density at radius 1 is 1.08 bits per heavy atom. The molecule has 0 aromatic heterocycles. The van der Waals surface area contributed by atoms with E-state index in [9.17, 15) is 4.79 Å². The molecule has 0 saturated heterocycles. The molecule has 0 amide bonds. The Balaban J connectivity index is 2.28. The van der Waals surface area contributed by atoms with E-state index in [1.807, 2.05) is 36.4 Å². The molecule has 2 aromatic rings. The number of benzene rings is 2. The van der Waals surface area contributed by atoms with E-state index in [4.69, 9.17) is 9.47 Å². The summed E-state index contributed by atoms with van der Waals surface area (Å²) in [6, 6.07) is 11.5. The van der Waals surface area contributed by atoms with Gasteiger partial charge in [-0.3, -0.25) is 0 Å². The van der Waals surface area contributed by atoms with Gasteiger partial charge in [-0.1, -0.05) is 50.2 Å². The second kappa shape index (κ2) is 10.3. The normalized spacial score (nSPS) is 13.0. The molecule has 0 N–H and O–H groups in total. The summed E-state index contributed by atoms with van der Waals surface area (Å²) in [6.07, 6.45) is 0.639. The summed E-state index contributed by atoms with van der Waals surface area (Å²) >= 11 is 15.4. The van der Waals surface area contributed by atoms with Crippen molar-refractivity contribution < 1.29 is 14.3 Å². The molecule has 138 valence electrons. The molecule has 0 fully saturated rings. The molecule has 8 heteroatoms. The quantitative estimate of drug-likeness (QED) is 0.139. The van der Waals surface area contributed by atoms with Crippen LogP contribution in [0.2, 0.25) is 0 Å². The van der Waals surface area contributed by atoms with Gasteiger partial charge in [-0.2, -0.15) is 0 Å². The lowest BCUT2D eigenvalue weighted by molar-refractivity contribution is -0.144. The van der Waals surface area contributed by atoms with Gasteiger partial charge in [0.1, 0.15) is 11.9 Å². The maximum absolute atomic E-state index is 11.6. The first-order valence-corrected chi connectivity index (χ1v) is 11.4. The zero-order valence-corrected chi connectivity index (χ0v) is 20.7. The van der Waals surface area contributed by atoms with E-state index in [1.165, 1.54) is 11.8 Å². The Bertz CT molecular complexity index is 760. The highest BCUT2D eigenvalue weighted by atomic mass is 79.9. The molecule has 2 rings (SSSR count). The predicted molar refractivity (Wildman–Crippen MR) is 120 cm³/mol. The Morgan fingerprint density at radius 3 is 2.27 bits per heavy atom. The molecule has 0 heterocycles. The molecule has 0 radical (unpaired) electrons. The van der Waals surface area contributed by atoms with Crippen molar-refractivity contribution in [2.24, 2.45) is 0 Å². The lowest BCUT2D eigenvalue weighted by Crippen LogP contribution is -2.30. The van der Waals surface area contributed by atoms with E-state index < -0.39 is 17.5 Å². The minimum Gasteiger partial charge on any atom is -0.474 e. The van der Waals surface area contributed by atoms with Crippen molar-refractivity contribution in [1.82, 2.24) is 0 Å². The van der Waals surface area contributed by atoms with Crippen LogP contribution in [0.15, 0.2) is 71.8 Å². The van der Waals surface area contributed by atoms with Gasteiger partial charge < -0.3 is 9.47 Å². The number of esters is 1. The Hall–Kier alpha value is -0.280. The van der Waals surface area contributed by atoms with Gasteiger partial charge in [-0.25, -0.2) is 4.79 Å². The summed E-state index contributed by atoms with van der Waals surface area (Å²) in [6.45, 7) is 5.23. The van der Waals surface area contributed by atoms with Gasteiger partial charge in [-0.05, 0) is 75.2 Å². The maximum Gasteiger partial charge on any atom is 0.330 e. The van der Waals surface area contributed by atoms with Crippen LogP contribution in [0.3, 0.4) is 0 Å². The molecule has 0 saturated carbocycles. The van der Waals surface area contributed by atoms with Gasteiger partial charge in [0, 0.05) is 24.4 Å². The number of rotatable bonds is 7. The highest BCUT2D eigenvalue weighted by molar-refractivity contribution is 9.11. The third-order valence-electron chi connectivity index (χ3n) is 3.13. The van der Waals surface area contributed by atoms with Crippen LogP contribution in [-0.2, 0) is 9.53 Å². The number of hydrogen-bond acceptors (Lipinski definition) is 4. The van der Waals surface area contributed by atoms with Crippen LogP contribution in [0.4, 0.5) is 0 Å². The van der Waals surface area contributed by atoms with Crippen LogP contribution in [0.5, 0.6) is 5.75 Å². The van der Waals surface area contributed by atoms with Crippen LogP contribution in [0, 0.1) is 0 Å². The lowest BCUT2D eigenvalue weighted by Gasteiger charge is -2.25. The minimum absolute atomic E-state index is 0.464. The third-order valence-corrected chi connectivity index (χ3v) is 6.97. The van der Waals surface area contributed by atoms with Crippen LogP contribution in [0.1, 0.15) is 6.92 Å². The van der Waals surface area contributed by atoms with Gasteiger partial charge in [-0.15, -0.1) is 0 Å². The number of ether oxygens (including phenoxy) is 2. The maximum atomic E-state index is 11.6. The van der Waals surface area contributed by atoms with Crippen LogP contribution >= 0.6 is 75.5 Å². The number of carbonyl (C=O) groups excluding carboxylic acids is 1. The zero-order chi connectivity index (χ0) is 19.3. The van der Waals surface area contributed by atoms with Gasteiger partial charge in [0.15, 0.2) is 5.44 Å². The van der Waals surface area contributed by atoms with Crippen LogP contribution in [0.25, 0.3) is 0 Å².